The van der Waals surface area contributed by atoms with E-state index >= 15 is 0 Å². The lowest BCUT2D eigenvalue weighted by Crippen LogP contribution is -2.50. The Morgan fingerprint density at radius 3 is 2.44 bits per heavy atom. The number of carbonyl (C=O) groups excluding carboxylic acids is 3. The van der Waals surface area contributed by atoms with E-state index < -0.39 is 36.5 Å². The number of carbonyl (C=O) groups is 4. The molecule has 25 heavy (non-hydrogen) atoms. The lowest BCUT2D eigenvalue weighted by molar-refractivity contribution is -0.146. The van der Waals surface area contributed by atoms with Gasteiger partial charge in [-0.25, -0.2) is 4.79 Å². The minimum absolute atomic E-state index is 0.276. The summed E-state index contributed by atoms with van der Waals surface area (Å²) in [6.45, 7) is 3.39. The predicted molar refractivity (Wildman–Crippen MR) is 89.7 cm³/mol. The first-order valence-corrected chi connectivity index (χ1v) is 8.96. The SMILES string of the molecule is CCCN(CC(=O)O)C(=O)CN1C(=O)NC2(CCC(CC)CC2)C1=O. The Bertz CT molecular complexity index is 554. The Kier molecular flexibility index (Phi) is 6.02. The summed E-state index contributed by atoms with van der Waals surface area (Å²) in [6.07, 6.45) is 4.60. The Morgan fingerprint density at radius 1 is 1.28 bits per heavy atom. The van der Waals surface area contributed by atoms with E-state index in [0.717, 1.165) is 24.2 Å². The summed E-state index contributed by atoms with van der Waals surface area (Å²) < 4.78 is 0. The molecule has 2 rings (SSSR count). The van der Waals surface area contributed by atoms with E-state index in [0.29, 0.717) is 25.2 Å². The number of urea groups is 1. The van der Waals surface area contributed by atoms with Crippen LogP contribution in [0.5, 0.6) is 0 Å². The number of nitrogens with one attached hydrogen (secondary N) is 1. The molecule has 2 N–H and O–H groups in total. The lowest BCUT2D eigenvalue weighted by atomic mass is 9.75. The third-order valence-electron chi connectivity index (χ3n) is 5.25. The molecule has 140 valence electrons. The Balaban J connectivity index is 2.04. The Hall–Kier alpha value is -2.12. The molecule has 0 aromatic heterocycles. The smallest absolute Gasteiger partial charge is 0.325 e. The molecule has 8 nitrogen and oxygen atoms in total. The zero-order valence-electron chi connectivity index (χ0n) is 14.9. The lowest BCUT2D eigenvalue weighted by Gasteiger charge is -2.34. The standard InChI is InChI=1S/C17H27N3O5/c1-3-9-19(11-14(22)23)13(21)10-20-15(24)17(18-16(20)25)7-5-12(4-2)6-8-17/h12H,3-11H2,1-2H3,(H,18,25)(H,22,23). The van der Waals surface area contributed by atoms with Crippen molar-refractivity contribution in [3.8, 4) is 0 Å². The van der Waals surface area contributed by atoms with Crippen LogP contribution >= 0.6 is 0 Å². The molecule has 0 aromatic carbocycles. The van der Waals surface area contributed by atoms with E-state index in [4.69, 9.17) is 5.11 Å². The summed E-state index contributed by atoms with van der Waals surface area (Å²) in [5.74, 6) is -1.42. The third-order valence-corrected chi connectivity index (χ3v) is 5.25. The van der Waals surface area contributed by atoms with Crippen molar-refractivity contribution in [2.24, 2.45) is 5.92 Å². The highest BCUT2D eigenvalue weighted by atomic mass is 16.4. The highest BCUT2D eigenvalue weighted by Crippen LogP contribution is 2.37. The number of rotatable bonds is 7. The van der Waals surface area contributed by atoms with Crippen LogP contribution in [0, 0.1) is 5.92 Å². The zero-order chi connectivity index (χ0) is 18.6. The second-order valence-corrected chi connectivity index (χ2v) is 6.96. The Morgan fingerprint density at radius 2 is 1.92 bits per heavy atom. The second-order valence-electron chi connectivity index (χ2n) is 6.96. The summed E-state index contributed by atoms with van der Waals surface area (Å²) in [6, 6.07) is -0.555. The molecule has 0 unspecified atom stereocenters. The van der Waals surface area contributed by atoms with Crippen LogP contribution in [0.4, 0.5) is 4.79 Å². The van der Waals surface area contributed by atoms with Gasteiger partial charge in [0.25, 0.3) is 5.91 Å². The first-order chi connectivity index (χ1) is 11.8. The van der Waals surface area contributed by atoms with E-state index in [2.05, 4.69) is 12.2 Å². The van der Waals surface area contributed by atoms with Gasteiger partial charge >= 0.3 is 12.0 Å². The van der Waals surface area contributed by atoms with Gasteiger partial charge in [-0.3, -0.25) is 19.3 Å². The molecule has 8 heteroatoms. The van der Waals surface area contributed by atoms with E-state index in [1.807, 2.05) is 6.92 Å². The van der Waals surface area contributed by atoms with Crippen LogP contribution in [0.2, 0.25) is 0 Å². The van der Waals surface area contributed by atoms with Gasteiger partial charge in [-0.2, -0.15) is 0 Å². The first kappa shape index (κ1) is 19.2. The Labute approximate surface area is 147 Å². The zero-order valence-corrected chi connectivity index (χ0v) is 14.9. The minimum atomic E-state index is -1.12. The maximum absolute atomic E-state index is 12.8. The maximum Gasteiger partial charge on any atom is 0.325 e. The van der Waals surface area contributed by atoms with Gasteiger partial charge in [0, 0.05) is 6.54 Å². The molecule has 1 heterocycles. The van der Waals surface area contributed by atoms with Crippen molar-refractivity contribution in [3.63, 3.8) is 0 Å². The monoisotopic (exact) mass is 353 g/mol. The summed E-state index contributed by atoms with van der Waals surface area (Å²) in [7, 11) is 0. The molecule has 2 aliphatic rings. The molecule has 1 saturated heterocycles. The third kappa shape index (κ3) is 4.11. The molecular weight excluding hydrogens is 326 g/mol. The van der Waals surface area contributed by atoms with Crippen molar-refractivity contribution < 1.29 is 24.3 Å². The molecule has 0 atom stereocenters. The van der Waals surface area contributed by atoms with Gasteiger partial charge in [-0.1, -0.05) is 20.3 Å². The van der Waals surface area contributed by atoms with Crippen LogP contribution in [-0.2, 0) is 14.4 Å². The predicted octanol–water partition coefficient (Wildman–Crippen LogP) is 1.20. The maximum atomic E-state index is 12.8. The number of nitrogens with zero attached hydrogens (tertiary/aromatic N) is 2. The average molecular weight is 353 g/mol. The van der Waals surface area contributed by atoms with Gasteiger partial charge in [-0.05, 0) is 38.0 Å². The van der Waals surface area contributed by atoms with Crippen LogP contribution < -0.4 is 5.32 Å². The highest BCUT2D eigenvalue weighted by Gasteiger charge is 2.52. The molecule has 0 aromatic rings. The molecule has 1 aliphatic heterocycles. The van der Waals surface area contributed by atoms with Gasteiger partial charge in [-0.15, -0.1) is 0 Å². The van der Waals surface area contributed by atoms with Crippen LogP contribution in [0.15, 0.2) is 0 Å². The number of amides is 4. The van der Waals surface area contributed by atoms with Crippen LogP contribution in [-0.4, -0.2) is 63.9 Å². The topological polar surface area (TPSA) is 107 Å². The van der Waals surface area contributed by atoms with Crippen molar-refractivity contribution in [2.75, 3.05) is 19.6 Å². The largest absolute Gasteiger partial charge is 0.480 e. The molecule has 1 saturated carbocycles. The van der Waals surface area contributed by atoms with E-state index in [-0.39, 0.29) is 12.5 Å². The van der Waals surface area contributed by atoms with E-state index in [1.54, 1.807) is 0 Å². The van der Waals surface area contributed by atoms with Crippen LogP contribution in [0.1, 0.15) is 52.4 Å². The van der Waals surface area contributed by atoms with Crippen molar-refractivity contribution in [1.29, 1.82) is 0 Å². The van der Waals surface area contributed by atoms with Crippen molar-refractivity contribution >= 4 is 23.8 Å². The summed E-state index contributed by atoms with van der Waals surface area (Å²) in [5, 5.41) is 11.7. The van der Waals surface area contributed by atoms with Gasteiger partial charge in [0.05, 0.1) is 0 Å². The first-order valence-electron chi connectivity index (χ1n) is 8.96. The van der Waals surface area contributed by atoms with Crippen LogP contribution in [0.3, 0.4) is 0 Å². The number of hydrogen-bond acceptors (Lipinski definition) is 4. The van der Waals surface area contributed by atoms with Gasteiger partial charge in [0.2, 0.25) is 5.91 Å². The number of hydrogen-bond donors (Lipinski definition) is 2. The number of carboxylic acid groups (broad SMARTS) is 1. The summed E-state index contributed by atoms with van der Waals surface area (Å²) >= 11 is 0. The van der Waals surface area contributed by atoms with Crippen LogP contribution in [0.25, 0.3) is 0 Å². The van der Waals surface area contributed by atoms with Gasteiger partial charge in [0.1, 0.15) is 18.6 Å². The number of aliphatic carboxylic acids is 1. The molecule has 0 bridgehead atoms. The number of carboxylic acids is 1. The normalized spacial score (nSPS) is 26.0. The summed E-state index contributed by atoms with van der Waals surface area (Å²) in [4.78, 5) is 50.4. The second kappa shape index (κ2) is 7.84. The van der Waals surface area contributed by atoms with Crippen molar-refractivity contribution in [3.05, 3.63) is 0 Å². The molecule has 4 amide bonds. The fraction of sp³-hybridized carbons (Fsp3) is 0.765. The molecule has 2 fully saturated rings. The van der Waals surface area contributed by atoms with Crippen molar-refractivity contribution in [2.45, 2.75) is 57.9 Å². The van der Waals surface area contributed by atoms with E-state index in [1.165, 1.54) is 4.90 Å². The molecule has 1 spiro atoms. The fourth-order valence-corrected chi connectivity index (χ4v) is 3.70. The van der Waals surface area contributed by atoms with E-state index in [9.17, 15) is 19.2 Å². The molecule has 0 radical (unpaired) electrons. The number of imide groups is 1. The quantitative estimate of drug-likeness (QED) is 0.669. The molecule has 1 aliphatic carbocycles. The highest BCUT2D eigenvalue weighted by molar-refractivity contribution is 6.09. The van der Waals surface area contributed by atoms with Gasteiger partial charge < -0.3 is 15.3 Å². The average Bonchev–Trinajstić information content (AvgIpc) is 2.79. The fourth-order valence-electron chi connectivity index (χ4n) is 3.70. The molecular formula is C17H27N3O5. The summed E-state index contributed by atoms with van der Waals surface area (Å²) in [5.41, 5.74) is -0.884. The van der Waals surface area contributed by atoms with Gasteiger partial charge in [0.15, 0.2) is 0 Å². The minimum Gasteiger partial charge on any atom is -0.480 e. The van der Waals surface area contributed by atoms with Crippen molar-refractivity contribution in [1.82, 2.24) is 15.1 Å².